The van der Waals surface area contributed by atoms with E-state index in [9.17, 15) is 5.26 Å². The van der Waals surface area contributed by atoms with E-state index in [0.29, 0.717) is 5.57 Å². The van der Waals surface area contributed by atoms with Crippen LogP contribution >= 0.6 is 8.81 Å². The SMILES string of the molecule is CC/C=C\C(OC)=C1/CCC(N2CCC(CCCPO)CC2)=C(C#N)C=N1. The summed E-state index contributed by atoms with van der Waals surface area (Å²) in [5.74, 6) is 1.54. The molecule has 27 heavy (non-hydrogen) atoms. The predicted octanol–water partition coefficient (Wildman–Crippen LogP) is 4.53. The summed E-state index contributed by atoms with van der Waals surface area (Å²) in [6.45, 7) is 4.10. The summed E-state index contributed by atoms with van der Waals surface area (Å²) >= 11 is 0. The standard InChI is InChI=1S/C21H32N3O2P/c1-3-4-7-21(26-2)19-8-9-20(18(15-22)16-23-19)24-12-10-17(11-13-24)6-5-14-27-25/h4,7,16-17,25,27H,3,5-6,8-14H2,1-2H3/b7-4-,21-19-. The van der Waals surface area contributed by atoms with Gasteiger partial charge in [-0.05, 0) is 63.1 Å². The van der Waals surface area contributed by atoms with Crippen molar-refractivity contribution in [2.24, 2.45) is 10.9 Å². The molecule has 1 saturated heterocycles. The van der Waals surface area contributed by atoms with Crippen LogP contribution in [0.5, 0.6) is 0 Å². The van der Waals surface area contributed by atoms with E-state index in [1.54, 1.807) is 13.3 Å². The van der Waals surface area contributed by atoms with Gasteiger partial charge in [0.15, 0.2) is 0 Å². The molecule has 2 rings (SSSR count). The third-order valence-corrected chi connectivity index (χ3v) is 5.86. The molecule has 2 aliphatic rings. The average Bonchev–Trinajstić information content (AvgIpc) is 2.92. The monoisotopic (exact) mass is 389 g/mol. The first-order chi connectivity index (χ1) is 13.2. The number of nitrogens with zero attached hydrogens (tertiary/aromatic N) is 3. The fourth-order valence-corrected chi connectivity index (χ4v) is 4.09. The summed E-state index contributed by atoms with van der Waals surface area (Å²) in [6.07, 6.45) is 13.9. The van der Waals surface area contributed by atoms with Gasteiger partial charge in [-0.3, -0.25) is 4.99 Å². The van der Waals surface area contributed by atoms with Gasteiger partial charge >= 0.3 is 0 Å². The number of aliphatic imine (C=N–C) groups is 1. The van der Waals surface area contributed by atoms with Gasteiger partial charge < -0.3 is 14.5 Å². The van der Waals surface area contributed by atoms with Gasteiger partial charge in [0, 0.05) is 33.8 Å². The van der Waals surface area contributed by atoms with Gasteiger partial charge in [0.25, 0.3) is 0 Å². The summed E-state index contributed by atoms with van der Waals surface area (Å²) in [5, 5.41) is 9.63. The van der Waals surface area contributed by atoms with Crippen molar-refractivity contribution in [3.05, 3.63) is 34.9 Å². The van der Waals surface area contributed by atoms with Crippen molar-refractivity contribution in [1.29, 1.82) is 5.26 Å². The first-order valence-corrected chi connectivity index (χ1v) is 11.1. The van der Waals surface area contributed by atoms with Crippen molar-refractivity contribution in [3.8, 4) is 6.07 Å². The molecule has 0 bridgehead atoms. The van der Waals surface area contributed by atoms with Crippen LogP contribution in [-0.2, 0) is 4.74 Å². The van der Waals surface area contributed by atoms with Crippen molar-refractivity contribution in [2.45, 2.75) is 51.9 Å². The minimum absolute atomic E-state index is 0.0799. The molecule has 0 aliphatic carbocycles. The molecule has 0 saturated carbocycles. The van der Waals surface area contributed by atoms with E-state index in [0.717, 1.165) is 68.0 Å². The molecule has 2 heterocycles. The maximum Gasteiger partial charge on any atom is 0.139 e. The van der Waals surface area contributed by atoms with Gasteiger partial charge in [0.05, 0.1) is 18.4 Å². The Morgan fingerprint density at radius 2 is 2.22 bits per heavy atom. The molecule has 0 aromatic rings. The lowest BCUT2D eigenvalue weighted by Gasteiger charge is -2.35. The molecule has 2 aliphatic heterocycles. The summed E-state index contributed by atoms with van der Waals surface area (Å²) in [4.78, 5) is 15.9. The number of likely N-dealkylation sites (tertiary alicyclic amines) is 1. The Morgan fingerprint density at radius 1 is 1.44 bits per heavy atom. The van der Waals surface area contributed by atoms with Crippen molar-refractivity contribution >= 4 is 15.0 Å². The highest BCUT2D eigenvalue weighted by molar-refractivity contribution is 7.31. The van der Waals surface area contributed by atoms with Crippen LogP contribution < -0.4 is 0 Å². The number of nitriles is 1. The van der Waals surface area contributed by atoms with Crippen LogP contribution in [0.3, 0.4) is 0 Å². The molecule has 0 aromatic carbocycles. The van der Waals surface area contributed by atoms with Gasteiger partial charge in [0.1, 0.15) is 11.8 Å². The first kappa shape index (κ1) is 21.7. The average molecular weight is 389 g/mol. The van der Waals surface area contributed by atoms with Crippen LogP contribution in [0.4, 0.5) is 0 Å². The highest BCUT2D eigenvalue weighted by Crippen LogP contribution is 2.30. The molecule has 0 amide bonds. The molecule has 0 radical (unpaired) electrons. The number of methoxy groups -OCH3 is 1. The van der Waals surface area contributed by atoms with Crippen LogP contribution in [0.25, 0.3) is 0 Å². The Labute approximate surface area is 165 Å². The Kier molecular flexibility index (Phi) is 9.59. The van der Waals surface area contributed by atoms with Crippen molar-refractivity contribution in [3.63, 3.8) is 0 Å². The fraction of sp³-hybridized carbons (Fsp3) is 0.619. The van der Waals surface area contributed by atoms with Crippen LogP contribution in [0, 0.1) is 17.2 Å². The second-order valence-corrected chi connectivity index (χ2v) is 7.85. The minimum atomic E-state index is 0.0799. The van der Waals surface area contributed by atoms with Crippen LogP contribution in [-0.4, -0.2) is 42.4 Å². The molecule has 0 spiro atoms. The Morgan fingerprint density at radius 3 is 2.85 bits per heavy atom. The van der Waals surface area contributed by atoms with E-state index in [1.165, 1.54) is 19.3 Å². The largest absolute Gasteiger partial charge is 0.495 e. The smallest absolute Gasteiger partial charge is 0.139 e. The summed E-state index contributed by atoms with van der Waals surface area (Å²) in [6, 6.07) is 2.35. The highest BCUT2D eigenvalue weighted by atomic mass is 31.1. The Balaban J connectivity index is 2.03. The Bertz CT molecular complexity index is 638. The van der Waals surface area contributed by atoms with E-state index in [2.05, 4.69) is 29.0 Å². The number of piperidine rings is 1. The van der Waals surface area contributed by atoms with Gasteiger partial charge in [0.2, 0.25) is 0 Å². The third kappa shape index (κ3) is 6.48. The molecule has 1 fully saturated rings. The molecule has 148 valence electrons. The molecule has 1 unspecified atom stereocenters. The number of allylic oxidation sites excluding steroid dienone is 5. The van der Waals surface area contributed by atoms with Gasteiger partial charge in [-0.15, -0.1) is 0 Å². The molecule has 5 nitrogen and oxygen atoms in total. The first-order valence-electron chi connectivity index (χ1n) is 9.96. The lowest BCUT2D eigenvalue weighted by molar-refractivity contribution is 0.212. The number of ether oxygens (including phenoxy) is 1. The predicted molar refractivity (Wildman–Crippen MR) is 113 cm³/mol. The maximum absolute atomic E-state index is 9.63. The van der Waals surface area contributed by atoms with Gasteiger partial charge in [-0.2, -0.15) is 5.26 Å². The van der Waals surface area contributed by atoms with Crippen molar-refractivity contribution in [1.82, 2.24) is 4.90 Å². The summed E-state index contributed by atoms with van der Waals surface area (Å²) in [5.41, 5.74) is 2.71. The summed E-state index contributed by atoms with van der Waals surface area (Å²) in [7, 11) is 1.75. The fourth-order valence-electron chi connectivity index (χ4n) is 3.73. The lowest BCUT2D eigenvalue weighted by atomic mass is 9.91. The maximum atomic E-state index is 9.63. The zero-order chi connectivity index (χ0) is 19.5. The van der Waals surface area contributed by atoms with E-state index in [1.807, 2.05) is 6.08 Å². The van der Waals surface area contributed by atoms with Gasteiger partial charge in [-0.25, -0.2) is 0 Å². The second kappa shape index (κ2) is 12.0. The zero-order valence-corrected chi connectivity index (χ0v) is 17.6. The van der Waals surface area contributed by atoms with Crippen LogP contribution in [0.2, 0.25) is 0 Å². The second-order valence-electron chi connectivity index (χ2n) is 7.04. The number of hydrogen-bond donors (Lipinski definition) is 1. The lowest BCUT2D eigenvalue weighted by Crippen LogP contribution is -2.34. The van der Waals surface area contributed by atoms with E-state index >= 15 is 0 Å². The topological polar surface area (TPSA) is 68.8 Å². The third-order valence-electron chi connectivity index (χ3n) is 5.29. The molecule has 0 aromatic heterocycles. The Hall–Kier alpha value is -1.63. The zero-order valence-electron chi connectivity index (χ0n) is 16.6. The molecule has 1 atom stereocenters. The van der Waals surface area contributed by atoms with E-state index in [-0.39, 0.29) is 8.81 Å². The van der Waals surface area contributed by atoms with E-state index in [4.69, 9.17) is 9.63 Å². The van der Waals surface area contributed by atoms with Gasteiger partial charge in [-0.1, -0.05) is 13.0 Å². The minimum Gasteiger partial charge on any atom is -0.495 e. The van der Waals surface area contributed by atoms with Crippen LogP contribution in [0.1, 0.15) is 51.9 Å². The normalized spacial score (nSPS) is 21.2. The highest BCUT2D eigenvalue weighted by Gasteiger charge is 2.24. The summed E-state index contributed by atoms with van der Waals surface area (Å²) < 4.78 is 5.50. The van der Waals surface area contributed by atoms with E-state index < -0.39 is 0 Å². The molecule has 1 N–H and O–H groups in total. The number of rotatable bonds is 8. The van der Waals surface area contributed by atoms with Crippen molar-refractivity contribution < 1.29 is 9.63 Å². The van der Waals surface area contributed by atoms with Crippen LogP contribution in [0.15, 0.2) is 39.9 Å². The molecular weight excluding hydrogens is 357 g/mol. The molecular formula is C21H32N3O2P. The quantitative estimate of drug-likeness (QED) is 0.376. The molecule has 6 heteroatoms. The number of hydrogen-bond acceptors (Lipinski definition) is 5. The van der Waals surface area contributed by atoms with Crippen molar-refractivity contribution in [2.75, 3.05) is 26.4 Å².